The molecule has 0 unspecified atom stereocenters. The highest BCUT2D eigenvalue weighted by atomic mass is 35.5. The molecule has 2 rings (SSSR count). The van der Waals surface area contributed by atoms with Crippen molar-refractivity contribution in [2.75, 3.05) is 6.61 Å². The van der Waals surface area contributed by atoms with Crippen molar-refractivity contribution in [2.45, 2.75) is 13.1 Å². The second kappa shape index (κ2) is 6.30. The van der Waals surface area contributed by atoms with Gasteiger partial charge in [0.05, 0.1) is 24.1 Å². The Labute approximate surface area is 133 Å². The maximum Gasteiger partial charge on any atom is 0.418 e. The molecule has 1 heterocycles. The Hall–Kier alpha value is -2.53. The average molecular weight is 344 g/mol. The molecule has 0 bridgehead atoms. The van der Waals surface area contributed by atoms with Gasteiger partial charge in [0, 0.05) is 5.02 Å². The minimum atomic E-state index is -4.71. The number of rotatable bonds is 3. The van der Waals surface area contributed by atoms with Crippen molar-refractivity contribution in [1.82, 2.24) is 9.78 Å². The van der Waals surface area contributed by atoms with Gasteiger partial charge in [-0.15, -0.1) is 0 Å². The van der Waals surface area contributed by atoms with E-state index < -0.39 is 23.4 Å². The number of aromatic nitrogens is 2. The third-order valence-electron chi connectivity index (χ3n) is 2.86. The number of nitrogens with zero attached hydrogens (tertiary/aromatic N) is 3. The van der Waals surface area contributed by atoms with Crippen molar-refractivity contribution in [2.24, 2.45) is 0 Å². The van der Waals surface area contributed by atoms with Crippen molar-refractivity contribution < 1.29 is 22.7 Å². The number of ether oxygens (including phenoxy) is 1. The summed E-state index contributed by atoms with van der Waals surface area (Å²) >= 11 is 5.61. The second-order valence-corrected chi connectivity index (χ2v) is 4.75. The van der Waals surface area contributed by atoms with Gasteiger partial charge in [0.15, 0.2) is 5.69 Å². The molecule has 1 aromatic carbocycles. The monoisotopic (exact) mass is 343 g/mol. The van der Waals surface area contributed by atoms with Gasteiger partial charge in [-0.2, -0.15) is 23.5 Å². The van der Waals surface area contributed by atoms with Gasteiger partial charge >= 0.3 is 12.1 Å². The number of benzene rings is 1. The Morgan fingerprint density at radius 3 is 2.74 bits per heavy atom. The quantitative estimate of drug-likeness (QED) is 0.799. The van der Waals surface area contributed by atoms with Crippen LogP contribution in [0.15, 0.2) is 24.4 Å². The molecule has 5 nitrogen and oxygen atoms in total. The van der Waals surface area contributed by atoms with Crippen LogP contribution in [0.5, 0.6) is 0 Å². The van der Waals surface area contributed by atoms with Crippen LogP contribution in [0, 0.1) is 11.3 Å². The summed E-state index contributed by atoms with van der Waals surface area (Å²) in [7, 11) is 0. The van der Waals surface area contributed by atoms with Gasteiger partial charge in [-0.1, -0.05) is 11.6 Å². The van der Waals surface area contributed by atoms with Crippen LogP contribution in [0.2, 0.25) is 5.02 Å². The first-order chi connectivity index (χ1) is 10.8. The molecule has 0 radical (unpaired) electrons. The average Bonchev–Trinajstić information content (AvgIpc) is 2.90. The molecule has 2 aromatic rings. The van der Waals surface area contributed by atoms with Gasteiger partial charge in [0.1, 0.15) is 11.6 Å². The van der Waals surface area contributed by atoms with Gasteiger partial charge in [-0.25, -0.2) is 9.48 Å². The number of carbonyl (C=O) groups is 1. The van der Waals surface area contributed by atoms with Crippen molar-refractivity contribution in [3.63, 3.8) is 0 Å². The van der Waals surface area contributed by atoms with Gasteiger partial charge in [-0.05, 0) is 25.1 Å². The molecule has 0 atom stereocenters. The van der Waals surface area contributed by atoms with E-state index in [0.29, 0.717) is 0 Å². The summed E-state index contributed by atoms with van der Waals surface area (Å²) in [4.78, 5) is 11.7. The van der Waals surface area contributed by atoms with Crippen LogP contribution in [0.25, 0.3) is 5.69 Å². The highest BCUT2D eigenvalue weighted by molar-refractivity contribution is 6.30. The van der Waals surface area contributed by atoms with E-state index >= 15 is 0 Å². The zero-order chi connectivity index (χ0) is 17.2. The third-order valence-corrected chi connectivity index (χ3v) is 3.10. The lowest BCUT2D eigenvalue weighted by Crippen LogP contribution is -2.13. The van der Waals surface area contributed by atoms with Gasteiger partial charge in [0.25, 0.3) is 0 Å². The molecule has 23 heavy (non-hydrogen) atoms. The first-order valence-electron chi connectivity index (χ1n) is 6.32. The van der Waals surface area contributed by atoms with Crippen molar-refractivity contribution in [1.29, 1.82) is 5.26 Å². The van der Waals surface area contributed by atoms with E-state index in [9.17, 15) is 23.2 Å². The van der Waals surface area contributed by atoms with E-state index in [1.54, 1.807) is 13.0 Å². The van der Waals surface area contributed by atoms with E-state index in [-0.39, 0.29) is 22.9 Å². The summed E-state index contributed by atoms with van der Waals surface area (Å²) in [6, 6.07) is 4.71. The van der Waals surface area contributed by atoms with Crippen LogP contribution in [-0.4, -0.2) is 22.4 Å². The summed E-state index contributed by atoms with van der Waals surface area (Å²) in [5.74, 6) is -0.835. The topological polar surface area (TPSA) is 67.9 Å². The van der Waals surface area contributed by atoms with Gasteiger partial charge in [0.2, 0.25) is 0 Å². The SMILES string of the molecule is CCOC(=O)c1cnn(-c2ccc(Cl)cc2C(F)(F)F)c1C#N. The van der Waals surface area contributed by atoms with Crippen LogP contribution < -0.4 is 0 Å². The van der Waals surface area contributed by atoms with E-state index in [2.05, 4.69) is 5.10 Å². The van der Waals surface area contributed by atoms with Crippen LogP contribution in [0.1, 0.15) is 28.5 Å². The number of hydrogen-bond donors (Lipinski definition) is 0. The van der Waals surface area contributed by atoms with Crippen LogP contribution in [0.4, 0.5) is 13.2 Å². The molecule has 0 amide bonds. The molecule has 120 valence electrons. The number of halogens is 4. The lowest BCUT2D eigenvalue weighted by Gasteiger charge is -2.13. The molecule has 0 spiro atoms. The van der Waals surface area contributed by atoms with Crippen molar-refractivity contribution in [3.8, 4) is 11.8 Å². The zero-order valence-corrected chi connectivity index (χ0v) is 12.4. The number of esters is 1. The minimum Gasteiger partial charge on any atom is -0.462 e. The maximum absolute atomic E-state index is 13.2. The summed E-state index contributed by atoms with van der Waals surface area (Å²) in [6.45, 7) is 1.62. The van der Waals surface area contributed by atoms with Crippen LogP contribution in [-0.2, 0) is 10.9 Å². The van der Waals surface area contributed by atoms with Crippen LogP contribution >= 0.6 is 11.6 Å². The largest absolute Gasteiger partial charge is 0.462 e. The number of carbonyl (C=O) groups excluding carboxylic acids is 1. The molecule has 0 saturated carbocycles. The third kappa shape index (κ3) is 3.29. The summed E-state index contributed by atoms with van der Waals surface area (Å²) in [6.07, 6.45) is -3.71. The molecule has 0 aliphatic carbocycles. The number of nitriles is 1. The predicted molar refractivity (Wildman–Crippen MR) is 74.2 cm³/mol. The van der Waals surface area contributed by atoms with Crippen molar-refractivity contribution in [3.05, 3.63) is 46.2 Å². The normalized spacial score (nSPS) is 11.1. The Kier molecular flexibility index (Phi) is 4.61. The standard InChI is InChI=1S/C14H9ClF3N3O2/c1-2-23-13(22)9-7-20-21(12(9)6-19)11-4-3-8(15)5-10(11)14(16,17)18/h3-5,7H,2H2,1H3. The zero-order valence-electron chi connectivity index (χ0n) is 11.7. The van der Waals surface area contributed by atoms with Gasteiger partial charge < -0.3 is 4.74 Å². The molecule has 0 fully saturated rings. The first kappa shape index (κ1) is 16.8. The van der Waals surface area contributed by atoms with Gasteiger partial charge in [-0.3, -0.25) is 0 Å². The Balaban J connectivity index is 2.65. The van der Waals surface area contributed by atoms with E-state index in [0.717, 1.165) is 23.0 Å². The molecule has 0 N–H and O–H groups in total. The molecule has 0 saturated heterocycles. The summed E-state index contributed by atoms with van der Waals surface area (Å²) in [5.41, 5.74) is -2.04. The highest BCUT2D eigenvalue weighted by Gasteiger charge is 2.35. The summed E-state index contributed by atoms with van der Waals surface area (Å²) < 4.78 is 45.0. The van der Waals surface area contributed by atoms with E-state index in [1.807, 2.05) is 0 Å². The molecule has 9 heteroatoms. The van der Waals surface area contributed by atoms with Crippen LogP contribution in [0.3, 0.4) is 0 Å². The highest BCUT2D eigenvalue weighted by Crippen LogP contribution is 2.36. The minimum absolute atomic E-state index is 0.0592. The molecule has 1 aromatic heterocycles. The van der Waals surface area contributed by atoms with E-state index in [1.165, 1.54) is 6.07 Å². The number of hydrogen-bond acceptors (Lipinski definition) is 4. The Morgan fingerprint density at radius 2 is 2.17 bits per heavy atom. The molecular formula is C14H9ClF3N3O2. The fraction of sp³-hybridized carbons (Fsp3) is 0.214. The Morgan fingerprint density at radius 1 is 1.48 bits per heavy atom. The maximum atomic E-state index is 13.2. The smallest absolute Gasteiger partial charge is 0.418 e. The van der Waals surface area contributed by atoms with E-state index in [4.69, 9.17) is 16.3 Å². The first-order valence-corrected chi connectivity index (χ1v) is 6.69. The second-order valence-electron chi connectivity index (χ2n) is 4.31. The lowest BCUT2D eigenvalue weighted by molar-refractivity contribution is -0.137. The lowest BCUT2D eigenvalue weighted by atomic mass is 10.1. The summed E-state index contributed by atoms with van der Waals surface area (Å²) in [5, 5.41) is 12.8. The molecular weight excluding hydrogens is 335 g/mol. The fourth-order valence-corrected chi connectivity index (χ4v) is 2.09. The Bertz CT molecular complexity index is 794. The fourth-order valence-electron chi connectivity index (χ4n) is 1.92. The molecule has 0 aliphatic heterocycles. The number of alkyl halides is 3. The predicted octanol–water partition coefficient (Wildman–Crippen LogP) is 3.59. The van der Waals surface area contributed by atoms with Crippen molar-refractivity contribution >= 4 is 17.6 Å². The molecule has 0 aliphatic rings.